The first kappa shape index (κ1) is 11.3. The number of halogens is 1. The van der Waals surface area contributed by atoms with Crippen LogP contribution in [-0.2, 0) is 4.79 Å². The molecule has 0 atom stereocenters. The predicted octanol–water partition coefficient (Wildman–Crippen LogP) is -0.438. The molecular weight excluding hydrogens is 229 g/mol. The lowest BCUT2D eigenvalue weighted by atomic mass is 10.1. The maximum Gasteiger partial charge on any atom is 0.261 e. The fraction of sp³-hybridized carbons (Fsp3) is 0.182. The molecule has 0 saturated carbocycles. The van der Waals surface area contributed by atoms with Gasteiger partial charge in [0.05, 0.1) is 11.1 Å². The first-order valence-corrected chi connectivity index (χ1v) is 4.86. The third-order valence-electron chi connectivity index (χ3n) is 2.47. The zero-order chi connectivity index (χ0) is 12.6. The van der Waals surface area contributed by atoms with Crippen molar-refractivity contribution >= 4 is 17.8 Å². The van der Waals surface area contributed by atoms with Gasteiger partial charge in [-0.05, 0) is 18.2 Å². The normalized spacial score (nSPS) is 14.1. The van der Waals surface area contributed by atoms with Crippen molar-refractivity contribution in [2.75, 3.05) is 6.54 Å². The standard InChI is InChI=1S/C11H8FNO4/c12-6-1-2-7-8(5-6)11(17)13(10(7)16)4-3-9(14)15/h1-2,5H,3-4H2,(H,14,15)/p-1. The summed E-state index contributed by atoms with van der Waals surface area (Å²) in [5, 5.41) is 10.3. The molecule has 2 rings (SSSR count). The number of carbonyl (C=O) groups excluding carboxylic acids is 3. The van der Waals surface area contributed by atoms with Gasteiger partial charge in [-0.25, -0.2) is 4.39 Å². The lowest BCUT2D eigenvalue weighted by Gasteiger charge is -2.13. The molecule has 1 aliphatic heterocycles. The van der Waals surface area contributed by atoms with Crippen molar-refractivity contribution < 1.29 is 23.9 Å². The van der Waals surface area contributed by atoms with Crippen molar-refractivity contribution in [2.45, 2.75) is 6.42 Å². The summed E-state index contributed by atoms with van der Waals surface area (Å²) < 4.78 is 12.9. The third-order valence-corrected chi connectivity index (χ3v) is 2.47. The number of hydrogen-bond acceptors (Lipinski definition) is 4. The van der Waals surface area contributed by atoms with E-state index in [9.17, 15) is 23.9 Å². The highest BCUT2D eigenvalue weighted by Crippen LogP contribution is 2.23. The molecule has 17 heavy (non-hydrogen) atoms. The van der Waals surface area contributed by atoms with Crippen molar-refractivity contribution in [3.8, 4) is 0 Å². The zero-order valence-corrected chi connectivity index (χ0v) is 8.60. The highest BCUT2D eigenvalue weighted by molar-refractivity contribution is 6.21. The second-order valence-electron chi connectivity index (χ2n) is 3.57. The van der Waals surface area contributed by atoms with Crippen LogP contribution in [0.25, 0.3) is 0 Å². The Morgan fingerprint density at radius 1 is 1.24 bits per heavy atom. The Morgan fingerprint density at radius 3 is 2.53 bits per heavy atom. The number of amides is 2. The van der Waals surface area contributed by atoms with Gasteiger partial charge in [-0.15, -0.1) is 0 Å². The van der Waals surface area contributed by atoms with E-state index in [0.717, 1.165) is 17.0 Å². The van der Waals surface area contributed by atoms with Crippen LogP contribution < -0.4 is 5.11 Å². The number of rotatable bonds is 3. The Labute approximate surface area is 95.5 Å². The Bertz CT molecular complexity index is 526. The highest BCUT2D eigenvalue weighted by atomic mass is 19.1. The number of hydrogen-bond donors (Lipinski definition) is 0. The molecule has 6 heteroatoms. The van der Waals surface area contributed by atoms with E-state index in [0.29, 0.717) is 0 Å². The van der Waals surface area contributed by atoms with Crippen LogP contribution in [0.2, 0.25) is 0 Å². The van der Waals surface area contributed by atoms with Gasteiger partial charge in [0.25, 0.3) is 11.8 Å². The second kappa shape index (κ2) is 3.97. The van der Waals surface area contributed by atoms with Gasteiger partial charge >= 0.3 is 0 Å². The van der Waals surface area contributed by atoms with Gasteiger partial charge < -0.3 is 9.90 Å². The molecular formula is C11H7FNO4-. The number of nitrogens with zero attached hydrogens (tertiary/aromatic N) is 1. The van der Waals surface area contributed by atoms with E-state index in [1.807, 2.05) is 0 Å². The molecule has 0 aromatic heterocycles. The lowest BCUT2D eigenvalue weighted by Crippen LogP contribution is -2.34. The number of benzene rings is 1. The van der Waals surface area contributed by atoms with E-state index in [-0.39, 0.29) is 17.7 Å². The Kier molecular flexibility index (Phi) is 2.63. The molecule has 1 aromatic carbocycles. The van der Waals surface area contributed by atoms with E-state index < -0.39 is 30.0 Å². The smallest absolute Gasteiger partial charge is 0.261 e. The minimum absolute atomic E-state index is 0.0339. The van der Waals surface area contributed by atoms with Gasteiger partial charge in [-0.3, -0.25) is 14.5 Å². The monoisotopic (exact) mass is 236 g/mol. The van der Waals surface area contributed by atoms with E-state index in [2.05, 4.69) is 0 Å². The van der Waals surface area contributed by atoms with Crippen LogP contribution in [0.15, 0.2) is 18.2 Å². The quantitative estimate of drug-likeness (QED) is 0.666. The summed E-state index contributed by atoms with van der Waals surface area (Å²) in [6.45, 7) is -0.268. The molecule has 88 valence electrons. The largest absolute Gasteiger partial charge is 0.550 e. The average Bonchev–Trinajstić information content (AvgIpc) is 2.49. The number of fused-ring (bicyclic) bond motifs is 1. The van der Waals surface area contributed by atoms with Crippen molar-refractivity contribution in [2.24, 2.45) is 0 Å². The molecule has 0 spiro atoms. The van der Waals surface area contributed by atoms with Crippen molar-refractivity contribution in [3.05, 3.63) is 35.1 Å². The molecule has 0 unspecified atom stereocenters. The second-order valence-corrected chi connectivity index (χ2v) is 3.57. The van der Waals surface area contributed by atoms with Crippen LogP contribution in [0, 0.1) is 5.82 Å². The molecule has 1 aromatic rings. The first-order chi connectivity index (χ1) is 8.00. The van der Waals surface area contributed by atoms with Gasteiger partial charge in [0.1, 0.15) is 5.82 Å². The van der Waals surface area contributed by atoms with Crippen LogP contribution in [0.1, 0.15) is 27.1 Å². The first-order valence-electron chi connectivity index (χ1n) is 4.86. The molecule has 0 aliphatic carbocycles. The zero-order valence-electron chi connectivity index (χ0n) is 8.60. The Morgan fingerprint density at radius 2 is 1.88 bits per heavy atom. The lowest BCUT2D eigenvalue weighted by molar-refractivity contribution is -0.305. The number of aliphatic carboxylic acids is 1. The summed E-state index contributed by atoms with van der Waals surface area (Å²) in [6.07, 6.45) is -0.437. The summed E-state index contributed by atoms with van der Waals surface area (Å²) in [7, 11) is 0. The average molecular weight is 236 g/mol. The summed E-state index contributed by atoms with van der Waals surface area (Å²) in [5.74, 6) is -3.25. The summed E-state index contributed by atoms with van der Waals surface area (Å²) in [5.41, 5.74) is 0.0584. The van der Waals surface area contributed by atoms with Crippen molar-refractivity contribution in [1.82, 2.24) is 4.90 Å². The fourth-order valence-electron chi connectivity index (χ4n) is 1.67. The van der Waals surface area contributed by atoms with E-state index >= 15 is 0 Å². The summed E-state index contributed by atoms with van der Waals surface area (Å²) in [6, 6.07) is 3.25. The van der Waals surface area contributed by atoms with Gasteiger partial charge in [-0.2, -0.15) is 0 Å². The molecule has 1 aliphatic rings. The molecule has 0 saturated heterocycles. The number of carboxylic acids is 1. The van der Waals surface area contributed by atoms with Gasteiger partial charge in [0, 0.05) is 18.9 Å². The van der Waals surface area contributed by atoms with E-state index in [1.54, 1.807) is 0 Å². The van der Waals surface area contributed by atoms with Crippen molar-refractivity contribution in [1.29, 1.82) is 0 Å². The number of imide groups is 1. The predicted molar refractivity (Wildman–Crippen MR) is 51.4 cm³/mol. The minimum atomic E-state index is -1.35. The topological polar surface area (TPSA) is 77.5 Å². The molecule has 0 bridgehead atoms. The van der Waals surface area contributed by atoms with Gasteiger partial charge in [0.2, 0.25) is 0 Å². The van der Waals surface area contributed by atoms with Crippen LogP contribution in [-0.4, -0.2) is 29.2 Å². The van der Waals surface area contributed by atoms with Crippen LogP contribution in [0.4, 0.5) is 4.39 Å². The van der Waals surface area contributed by atoms with Gasteiger partial charge in [0.15, 0.2) is 0 Å². The Balaban J connectivity index is 2.29. The molecule has 0 fully saturated rings. The molecule has 2 amide bonds. The Hall–Kier alpha value is -2.24. The number of carboxylic acid groups (broad SMARTS) is 1. The summed E-state index contributed by atoms with van der Waals surface area (Å²) in [4.78, 5) is 34.5. The summed E-state index contributed by atoms with van der Waals surface area (Å²) >= 11 is 0. The van der Waals surface area contributed by atoms with Gasteiger partial charge in [-0.1, -0.05) is 0 Å². The van der Waals surface area contributed by atoms with E-state index in [1.165, 1.54) is 6.07 Å². The van der Waals surface area contributed by atoms with E-state index in [4.69, 9.17) is 0 Å². The molecule has 0 radical (unpaired) electrons. The maximum atomic E-state index is 12.9. The van der Waals surface area contributed by atoms with Crippen molar-refractivity contribution in [3.63, 3.8) is 0 Å². The molecule has 5 nitrogen and oxygen atoms in total. The molecule has 1 heterocycles. The van der Waals surface area contributed by atoms with Crippen LogP contribution in [0.5, 0.6) is 0 Å². The molecule has 0 N–H and O–H groups in total. The fourth-order valence-corrected chi connectivity index (χ4v) is 1.67. The highest BCUT2D eigenvalue weighted by Gasteiger charge is 2.35. The SMILES string of the molecule is O=C([O-])CCN1C(=O)c2ccc(F)cc2C1=O. The minimum Gasteiger partial charge on any atom is -0.550 e. The number of carbonyl (C=O) groups is 3. The maximum absolute atomic E-state index is 12.9. The van der Waals surface area contributed by atoms with Crippen LogP contribution in [0.3, 0.4) is 0 Å². The third kappa shape index (κ3) is 1.89. The van der Waals surface area contributed by atoms with Crippen LogP contribution >= 0.6 is 0 Å².